The van der Waals surface area contributed by atoms with Crippen molar-refractivity contribution in [2.24, 2.45) is 5.10 Å². The maximum Gasteiger partial charge on any atom is 0.260 e. The van der Waals surface area contributed by atoms with Crippen molar-refractivity contribution in [3.05, 3.63) is 54.4 Å². The van der Waals surface area contributed by atoms with Crippen molar-refractivity contribution in [3.8, 4) is 11.5 Å². The number of nitrogens with one attached hydrogen (secondary N) is 1. The number of methoxy groups -OCH3 is 2. The number of hydrazone groups is 1. The molecule has 3 aromatic rings. The van der Waals surface area contributed by atoms with E-state index in [0.29, 0.717) is 17.1 Å². The number of carbonyl (C=O) groups excluding carboxylic acids is 1. The van der Waals surface area contributed by atoms with Crippen LogP contribution in [-0.2, 0) is 11.3 Å². The van der Waals surface area contributed by atoms with E-state index in [4.69, 9.17) is 9.47 Å². The van der Waals surface area contributed by atoms with E-state index >= 15 is 0 Å². The van der Waals surface area contributed by atoms with Gasteiger partial charge in [0, 0.05) is 5.56 Å². The number of imidazole rings is 1. The van der Waals surface area contributed by atoms with Crippen LogP contribution in [0.3, 0.4) is 0 Å². The minimum atomic E-state index is -0.249. The van der Waals surface area contributed by atoms with Crippen molar-refractivity contribution in [2.75, 3.05) is 14.2 Å². The quantitative estimate of drug-likeness (QED) is 0.552. The molecular weight excluding hydrogens is 320 g/mol. The summed E-state index contributed by atoms with van der Waals surface area (Å²) < 4.78 is 12.2. The standard InChI is InChI=1S/C18H18N4O3/c1-24-14-7-8-17(25-2)13(9-14)10-20-21-18(23)11-22-12-19-15-5-3-4-6-16(15)22/h3-10,12H,11H2,1-2H3,(H,21,23)/b20-10-. The second-order valence-corrected chi connectivity index (χ2v) is 5.26. The number of hydrogen-bond donors (Lipinski definition) is 1. The lowest BCUT2D eigenvalue weighted by atomic mass is 10.2. The highest BCUT2D eigenvalue weighted by Gasteiger charge is 2.06. The Bertz CT molecular complexity index is 918. The SMILES string of the molecule is COc1ccc(OC)c(/C=N\NC(=O)Cn2cnc3ccccc32)c1. The number of carbonyl (C=O) groups is 1. The Kier molecular flexibility index (Phi) is 4.94. The van der Waals surface area contributed by atoms with Crippen LogP contribution < -0.4 is 14.9 Å². The van der Waals surface area contributed by atoms with Crippen LogP contribution in [0.1, 0.15) is 5.56 Å². The molecule has 0 saturated carbocycles. The first-order chi connectivity index (χ1) is 12.2. The van der Waals surface area contributed by atoms with E-state index in [1.54, 1.807) is 43.3 Å². The Morgan fingerprint density at radius 2 is 2.08 bits per heavy atom. The van der Waals surface area contributed by atoms with Crippen LogP contribution in [0.5, 0.6) is 11.5 Å². The van der Waals surface area contributed by atoms with Crippen LogP contribution in [0.4, 0.5) is 0 Å². The summed E-state index contributed by atoms with van der Waals surface area (Å²) in [6.45, 7) is 0.132. The molecule has 128 valence electrons. The van der Waals surface area contributed by atoms with Crippen LogP contribution in [0.2, 0.25) is 0 Å². The largest absolute Gasteiger partial charge is 0.497 e. The van der Waals surface area contributed by atoms with Gasteiger partial charge in [0.1, 0.15) is 18.0 Å². The van der Waals surface area contributed by atoms with Gasteiger partial charge in [0.15, 0.2) is 0 Å². The molecule has 0 radical (unpaired) electrons. The molecule has 1 heterocycles. The lowest BCUT2D eigenvalue weighted by molar-refractivity contribution is -0.121. The molecule has 0 spiro atoms. The van der Waals surface area contributed by atoms with Gasteiger partial charge in [-0.05, 0) is 30.3 Å². The fraction of sp³-hybridized carbons (Fsp3) is 0.167. The molecule has 0 bridgehead atoms. The Morgan fingerprint density at radius 1 is 1.24 bits per heavy atom. The van der Waals surface area contributed by atoms with Crippen molar-refractivity contribution in [1.29, 1.82) is 0 Å². The van der Waals surface area contributed by atoms with Crippen molar-refractivity contribution < 1.29 is 14.3 Å². The lowest BCUT2D eigenvalue weighted by Gasteiger charge is -2.07. The minimum absolute atomic E-state index is 0.132. The van der Waals surface area contributed by atoms with Gasteiger partial charge in [-0.1, -0.05) is 12.1 Å². The Balaban J connectivity index is 1.67. The number of amides is 1. The third-order valence-electron chi connectivity index (χ3n) is 3.67. The Labute approximate surface area is 144 Å². The molecule has 0 saturated heterocycles. The highest BCUT2D eigenvalue weighted by Crippen LogP contribution is 2.22. The number of hydrogen-bond acceptors (Lipinski definition) is 5. The maximum absolute atomic E-state index is 12.1. The molecular formula is C18H18N4O3. The molecule has 1 amide bonds. The number of aromatic nitrogens is 2. The molecule has 3 rings (SSSR count). The summed E-state index contributed by atoms with van der Waals surface area (Å²) in [7, 11) is 3.15. The average Bonchev–Trinajstić information content (AvgIpc) is 3.04. The van der Waals surface area contributed by atoms with Crippen LogP contribution in [-0.4, -0.2) is 35.9 Å². The molecule has 0 atom stereocenters. The van der Waals surface area contributed by atoms with E-state index in [-0.39, 0.29) is 12.5 Å². The van der Waals surface area contributed by atoms with Crippen LogP contribution >= 0.6 is 0 Å². The topological polar surface area (TPSA) is 77.7 Å². The number of benzene rings is 2. The zero-order valence-electron chi connectivity index (χ0n) is 14.0. The van der Waals surface area contributed by atoms with Crippen molar-refractivity contribution in [3.63, 3.8) is 0 Å². The molecule has 0 unspecified atom stereocenters. The molecule has 0 fully saturated rings. The van der Waals surface area contributed by atoms with Gasteiger partial charge in [-0.3, -0.25) is 4.79 Å². The van der Waals surface area contributed by atoms with Gasteiger partial charge in [-0.15, -0.1) is 0 Å². The minimum Gasteiger partial charge on any atom is -0.497 e. The number of fused-ring (bicyclic) bond motifs is 1. The summed E-state index contributed by atoms with van der Waals surface area (Å²) >= 11 is 0. The number of rotatable bonds is 6. The summed E-state index contributed by atoms with van der Waals surface area (Å²) in [6, 6.07) is 13.0. The fourth-order valence-corrected chi connectivity index (χ4v) is 2.44. The second-order valence-electron chi connectivity index (χ2n) is 5.26. The van der Waals surface area contributed by atoms with Crippen molar-refractivity contribution >= 4 is 23.2 Å². The van der Waals surface area contributed by atoms with E-state index in [2.05, 4.69) is 15.5 Å². The predicted molar refractivity (Wildman–Crippen MR) is 95.0 cm³/mol. The van der Waals surface area contributed by atoms with Crippen LogP contribution in [0.15, 0.2) is 53.9 Å². The van der Waals surface area contributed by atoms with Gasteiger partial charge in [-0.25, -0.2) is 10.4 Å². The summed E-state index contributed by atoms with van der Waals surface area (Å²) in [5.41, 5.74) is 4.96. The van der Waals surface area contributed by atoms with Gasteiger partial charge in [0.2, 0.25) is 0 Å². The van der Waals surface area contributed by atoms with E-state index in [1.807, 2.05) is 24.3 Å². The first-order valence-electron chi connectivity index (χ1n) is 7.65. The third kappa shape index (κ3) is 3.77. The zero-order valence-corrected chi connectivity index (χ0v) is 14.0. The van der Waals surface area contributed by atoms with Gasteiger partial charge in [-0.2, -0.15) is 5.10 Å². The van der Waals surface area contributed by atoms with Gasteiger partial charge in [0.25, 0.3) is 5.91 Å². The van der Waals surface area contributed by atoms with Crippen molar-refractivity contribution in [2.45, 2.75) is 6.54 Å². The molecule has 7 nitrogen and oxygen atoms in total. The molecule has 7 heteroatoms. The molecule has 25 heavy (non-hydrogen) atoms. The predicted octanol–water partition coefficient (Wildman–Crippen LogP) is 2.20. The molecule has 2 aromatic carbocycles. The van der Waals surface area contributed by atoms with E-state index in [1.165, 1.54) is 6.21 Å². The maximum atomic E-state index is 12.1. The average molecular weight is 338 g/mol. The Hall–Kier alpha value is -3.35. The highest BCUT2D eigenvalue weighted by atomic mass is 16.5. The number of nitrogens with zero attached hydrogens (tertiary/aromatic N) is 3. The van der Waals surface area contributed by atoms with Gasteiger partial charge in [0.05, 0.1) is 37.8 Å². The van der Waals surface area contributed by atoms with Crippen LogP contribution in [0, 0.1) is 0 Å². The van der Waals surface area contributed by atoms with Crippen LogP contribution in [0.25, 0.3) is 11.0 Å². The normalized spacial score (nSPS) is 11.0. The highest BCUT2D eigenvalue weighted by molar-refractivity contribution is 5.86. The van der Waals surface area contributed by atoms with Gasteiger partial charge < -0.3 is 14.0 Å². The zero-order chi connectivity index (χ0) is 17.6. The van der Waals surface area contributed by atoms with E-state index in [0.717, 1.165) is 11.0 Å². The number of para-hydroxylation sites is 2. The number of ether oxygens (including phenoxy) is 2. The summed E-state index contributed by atoms with van der Waals surface area (Å²) in [4.78, 5) is 16.3. The van der Waals surface area contributed by atoms with Gasteiger partial charge >= 0.3 is 0 Å². The molecule has 1 aromatic heterocycles. The fourth-order valence-electron chi connectivity index (χ4n) is 2.44. The first kappa shape index (κ1) is 16.5. The third-order valence-corrected chi connectivity index (χ3v) is 3.67. The lowest BCUT2D eigenvalue weighted by Crippen LogP contribution is -2.22. The Morgan fingerprint density at radius 3 is 2.88 bits per heavy atom. The summed E-state index contributed by atoms with van der Waals surface area (Å²) in [5, 5.41) is 3.99. The monoisotopic (exact) mass is 338 g/mol. The molecule has 0 aliphatic carbocycles. The van der Waals surface area contributed by atoms with E-state index in [9.17, 15) is 4.79 Å². The molecule has 0 aliphatic rings. The summed E-state index contributed by atoms with van der Waals surface area (Å²) in [6.07, 6.45) is 3.16. The van der Waals surface area contributed by atoms with E-state index < -0.39 is 0 Å². The second kappa shape index (κ2) is 7.48. The summed E-state index contributed by atoms with van der Waals surface area (Å²) in [5.74, 6) is 1.07. The molecule has 0 aliphatic heterocycles. The van der Waals surface area contributed by atoms with Crippen molar-refractivity contribution in [1.82, 2.24) is 15.0 Å². The molecule has 1 N–H and O–H groups in total. The first-order valence-corrected chi connectivity index (χ1v) is 7.65. The smallest absolute Gasteiger partial charge is 0.260 e.